The molecule has 92 valence electrons. The van der Waals surface area contributed by atoms with Gasteiger partial charge in [0.15, 0.2) is 0 Å². The van der Waals surface area contributed by atoms with Gasteiger partial charge in [-0.05, 0) is 42.9 Å². The van der Waals surface area contributed by atoms with Crippen LogP contribution in [-0.2, 0) is 11.2 Å². The molecular weight excluding hydrogens is 212 g/mol. The third-order valence-electron chi connectivity index (χ3n) is 3.86. The van der Waals surface area contributed by atoms with Crippen LogP contribution < -0.4 is 0 Å². The van der Waals surface area contributed by atoms with E-state index in [1.54, 1.807) is 18.2 Å². The average Bonchev–Trinajstić information content (AvgIpc) is 2.77. The van der Waals surface area contributed by atoms with E-state index in [1.165, 1.54) is 12.8 Å². The summed E-state index contributed by atoms with van der Waals surface area (Å²) in [7, 11) is 0. The lowest BCUT2D eigenvalue weighted by Gasteiger charge is -2.09. The lowest BCUT2D eigenvalue weighted by molar-refractivity contribution is -0.122. The first-order chi connectivity index (χ1) is 8.19. The Morgan fingerprint density at radius 1 is 1.41 bits per heavy atom. The molecule has 1 saturated carbocycles. The minimum Gasteiger partial charge on any atom is -0.508 e. The van der Waals surface area contributed by atoms with Crippen LogP contribution in [0.5, 0.6) is 5.75 Å². The number of hydrogen-bond acceptors (Lipinski definition) is 2. The standard InChI is InChI=1S/C15H20O2/c1-2-11-6-7-13(8-11)15(17)10-12-4-3-5-14(16)9-12/h3-5,9,11,13,16H,2,6-8,10H2,1H3. The van der Waals surface area contributed by atoms with Gasteiger partial charge < -0.3 is 5.11 Å². The molecule has 0 radical (unpaired) electrons. The van der Waals surface area contributed by atoms with Crippen LogP contribution in [0.2, 0.25) is 0 Å². The van der Waals surface area contributed by atoms with Crippen LogP contribution in [0.1, 0.15) is 38.2 Å². The van der Waals surface area contributed by atoms with E-state index in [-0.39, 0.29) is 11.7 Å². The Balaban J connectivity index is 1.93. The van der Waals surface area contributed by atoms with Crippen LogP contribution in [0.25, 0.3) is 0 Å². The SMILES string of the molecule is CCC1CCC(C(=O)Cc2cccc(O)c2)C1. The summed E-state index contributed by atoms with van der Waals surface area (Å²) in [5.41, 5.74) is 0.926. The van der Waals surface area contributed by atoms with E-state index in [0.717, 1.165) is 24.3 Å². The average molecular weight is 232 g/mol. The molecule has 2 nitrogen and oxygen atoms in total. The Bertz CT molecular complexity index is 398. The highest BCUT2D eigenvalue weighted by Crippen LogP contribution is 2.34. The van der Waals surface area contributed by atoms with Crippen LogP contribution in [0, 0.1) is 11.8 Å². The van der Waals surface area contributed by atoms with Crippen LogP contribution in [-0.4, -0.2) is 10.9 Å². The second-order valence-corrected chi connectivity index (χ2v) is 5.10. The zero-order valence-corrected chi connectivity index (χ0v) is 10.4. The Hall–Kier alpha value is -1.31. The van der Waals surface area contributed by atoms with Crippen molar-refractivity contribution in [2.75, 3.05) is 0 Å². The molecule has 2 heteroatoms. The third-order valence-corrected chi connectivity index (χ3v) is 3.86. The Morgan fingerprint density at radius 3 is 2.88 bits per heavy atom. The zero-order valence-electron chi connectivity index (χ0n) is 10.4. The molecule has 1 aliphatic carbocycles. The number of ketones is 1. The summed E-state index contributed by atoms with van der Waals surface area (Å²) < 4.78 is 0. The van der Waals surface area contributed by atoms with E-state index in [1.807, 2.05) is 6.07 Å². The van der Waals surface area contributed by atoms with E-state index >= 15 is 0 Å². The summed E-state index contributed by atoms with van der Waals surface area (Å²) in [5, 5.41) is 9.36. The molecule has 0 heterocycles. The van der Waals surface area contributed by atoms with E-state index in [0.29, 0.717) is 12.2 Å². The van der Waals surface area contributed by atoms with Gasteiger partial charge in [-0.1, -0.05) is 25.5 Å². The van der Waals surface area contributed by atoms with Crippen molar-refractivity contribution in [3.8, 4) is 5.75 Å². The van der Waals surface area contributed by atoms with Gasteiger partial charge in [-0.2, -0.15) is 0 Å². The fourth-order valence-electron chi connectivity index (χ4n) is 2.75. The monoisotopic (exact) mass is 232 g/mol. The molecule has 0 saturated heterocycles. The molecule has 0 aromatic heterocycles. The van der Waals surface area contributed by atoms with Crippen LogP contribution >= 0.6 is 0 Å². The predicted molar refractivity (Wildman–Crippen MR) is 67.9 cm³/mol. The Kier molecular flexibility index (Phi) is 3.82. The summed E-state index contributed by atoms with van der Waals surface area (Å²) in [6, 6.07) is 7.02. The first-order valence-corrected chi connectivity index (χ1v) is 6.49. The Labute approximate surface area is 103 Å². The van der Waals surface area contributed by atoms with Gasteiger partial charge >= 0.3 is 0 Å². The van der Waals surface area contributed by atoms with Crippen molar-refractivity contribution in [3.63, 3.8) is 0 Å². The second-order valence-electron chi connectivity index (χ2n) is 5.10. The fraction of sp³-hybridized carbons (Fsp3) is 0.533. The van der Waals surface area contributed by atoms with E-state index in [9.17, 15) is 9.90 Å². The van der Waals surface area contributed by atoms with E-state index in [2.05, 4.69) is 6.92 Å². The predicted octanol–water partition coefficient (Wildman–Crippen LogP) is 3.33. The molecule has 1 fully saturated rings. The zero-order chi connectivity index (χ0) is 12.3. The third kappa shape index (κ3) is 3.09. The van der Waals surface area contributed by atoms with Gasteiger partial charge in [0.1, 0.15) is 11.5 Å². The summed E-state index contributed by atoms with van der Waals surface area (Å²) in [5.74, 6) is 1.58. The number of rotatable bonds is 4. The van der Waals surface area contributed by atoms with E-state index in [4.69, 9.17) is 0 Å². The summed E-state index contributed by atoms with van der Waals surface area (Å²) in [6.07, 6.45) is 4.97. The maximum Gasteiger partial charge on any atom is 0.140 e. The van der Waals surface area contributed by atoms with Crippen molar-refractivity contribution in [2.24, 2.45) is 11.8 Å². The normalized spacial score (nSPS) is 23.8. The number of hydrogen-bond donors (Lipinski definition) is 1. The van der Waals surface area contributed by atoms with Crippen LogP contribution in [0.3, 0.4) is 0 Å². The second kappa shape index (κ2) is 5.35. The Morgan fingerprint density at radius 2 is 2.24 bits per heavy atom. The number of carbonyl (C=O) groups is 1. The number of phenols is 1. The maximum absolute atomic E-state index is 12.1. The minimum absolute atomic E-state index is 0.244. The molecule has 2 rings (SSSR count). The highest BCUT2D eigenvalue weighted by molar-refractivity contribution is 5.83. The maximum atomic E-state index is 12.1. The molecule has 2 unspecified atom stereocenters. The lowest BCUT2D eigenvalue weighted by atomic mass is 9.95. The number of aromatic hydroxyl groups is 1. The molecule has 1 aliphatic rings. The first kappa shape index (κ1) is 12.2. The first-order valence-electron chi connectivity index (χ1n) is 6.49. The molecule has 1 N–H and O–H groups in total. The molecule has 2 atom stereocenters. The van der Waals surface area contributed by atoms with E-state index < -0.39 is 0 Å². The minimum atomic E-state index is 0.244. The van der Waals surface area contributed by atoms with Gasteiger partial charge in [0, 0.05) is 12.3 Å². The van der Waals surface area contributed by atoms with Gasteiger partial charge in [-0.3, -0.25) is 4.79 Å². The molecule has 17 heavy (non-hydrogen) atoms. The molecular formula is C15H20O2. The van der Waals surface area contributed by atoms with Gasteiger partial charge in [-0.15, -0.1) is 0 Å². The number of benzene rings is 1. The molecule has 0 bridgehead atoms. The summed E-state index contributed by atoms with van der Waals surface area (Å²) >= 11 is 0. The smallest absolute Gasteiger partial charge is 0.140 e. The van der Waals surface area contributed by atoms with Crippen molar-refractivity contribution in [2.45, 2.75) is 39.0 Å². The molecule has 0 amide bonds. The van der Waals surface area contributed by atoms with Crippen molar-refractivity contribution in [1.29, 1.82) is 0 Å². The summed E-state index contributed by atoms with van der Waals surface area (Å²) in [4.78, 5) is 12.1. The molecule has 0 spiro atoms. The fourth-order valence-corrected chi connectivity index (χ4v) is 2.75. The topological polar surface area (TPSA) is 37.3 Å². The number of Topliss-reactive ketones (excluding diaryl/α,β-unsaturated/α-hetero) is 1. The van der Waals surface area contributed by atoms with Crippen molar-refractivity contribution in [1.82, 2.24) is 0 Å². The van der Waals surface area contributed by atoms with Gasteiger partial charge in [-0.25, -0.2) is 0 Å². The highest BCUT2D eigenvalue weighted by Gasteiger charge is 2.28. The van der Waals surface area contributed by atoms with Crippen molar-refractivity contribution < 1.29 is 9.90 Å². The lowest BCUT2D eigenvalue weighted by Crippen LogP contribution is -2.14. The van der Waals surface area contributed by atoms with Crippen LogP contribution in [0.4, 0.5) is 0 Å². The van der Waals surface area contributed by atoms with Gasteiger partial charge in [0.2, 0.25) is 0 Å². The molecule has 1 aromatic rings. The van der Waals surface area contributed by atoms with Crippen LogP contribution in [0.15, 0.2) is 24.3 Å². The van der Waals surface area contributed by atoms with Crippen molar-refractivity contribution >= 4 is 5.78 Å². The summed E-state index contributed by atoms with van der Waals surface area (Å²) in [6.45, 7) is 2.20. The number of carbonyl (C=O) groups excluding carboxylic acids is 1. The number of phenolic OH excluding ortho intramolecular Hbond substituents is 1. The molecule has 1 aromatic carbocycles. The van der Waals surface area contributed by atoms with Gasteiger partial charge in [0.25, 0.3) is 0 Å². The quantitative estimate of drug-likeness (QED) is 0.864. The van der Waals surface area contributed by atoms with Gasteiger partial charge in [0.05, 0.1) is 0 Å². The molecule has 0 aliphatic heterocycles. The largest absolute Gasteiger partial charge is 0.508 e. The highest BCUT2D eigenvalue weighted by atomic mass is 16.3. The van der Waals surface area contributed by atoms with Crippen molar-refractivity contribution in [3.05, 3.63) is 29.8 Å².